The second-order valence-electron chi connectivity index (χ2n) is 8.47. The Kier molecular flexibility index (Phi) is 7.75. The average molecular weight is 437 g/mol. The molecule has 5 nitrogen and oxygen atoms in total. The molecule has 0 bridgehead atoms. The molecule has 2 heterocycles. The number of rotatable bonds is 4. The molecule has 31 heavy (non-hydrogen) atoms. The fraction of sp³-hybridized carbons (Fsp3) is 0.565. The molecule has 1 aromatic carbocycles. The second kappa shape index (κ2) is 10.3. The first-order valence-corrected chi connectivity index (χ1v) is 10.9. The molecule has 1 aliphatic carbocycles. The summed E-state index contributed by atoms with van der Waals surface area (Å²) in [5.74, 6) is 1.70. The maximum atomic E-state index is 12.1. The van der Waals surface area contributed by atoms with Crippen LogP contribution in [0.1, 0.15) is 73.0 Å². The fourth-order valence-corrected chi connectivity index (χ4v) is 4.51. The van der Waals surface area contributed by atoms with E-state index in [1.54, 1.807) is 13.2 Å². The third-order valence-corrected chi connectivity index (χ3v) is 6.17. The molecule has 1 fully saturated rings. The topological polar surface area (TPSA) is 59.0 Å². The van der Waals surface area contributed by atoms with Crippen molar-refractivity contribution in [2.24, 2.45) is 5.92 Å². The molecule has 2 aliphatic rings. The van der Waals surface area contributed by atoms with Gasteiger partial charge in [0.1, 0.15) is 5.82 Å². The largest absolute Gasteiger partial charge is 0.416 e. The van der Waals surface area contributed by atoms with Crippen LogP contribution in [0.15, 0.2) is 30.5 Å². The predicted octanol–water partition coefficient (Wildman–Crippen LogP) is 5.45. The Morgan fingerprint density at radius 2 is 1.87 bits per heavy atom. The van der Waals surface area contributed by atoms with Crippen LogP contribution in [0, 0.1) is 5.92 Å². The number of hydrogen-bond donors (Lipinski definition) is 2. The maximum Gasteiger partial charge on any atom is 0.416 e. The first-order valence-electron chi connectivity index (χ1n) is 10.9. The summed E-state index contributed by atoms with van der Waals surface area (Å²) < 4.78 is 38.2. The molecule has 1 aliphatic heterocycles. The van der Waals surface area contributed by atoms with E-state index < -0.39 is 11.7 Å². The van der Waals surface area contributed by atoms with Gasteiger partial charge in [-0.15, -0.1) is 0 Å². The molecule has 8 heteroatoms. The van der Waals surface area contributed by atoms with E-state index in [1.165, 1.54) is 44.2 Å². The molecule has 4 rings (SSSR count). The van der Waals surface area contributed by atoms with E-state index >= 15 is 0 Å². The normalized spacial score (nSPS) is 21.5. The van der Waals surface area contributed by atoms with Crippen molar-refractivity contribution in [3.8, 4) is 0 Å². The SMILES string of the molecule is CC1CC(C2CCCCC2)Nc2c(C=O)cnn21.CNCc1ccc(C(F)(F)F)cc1. The third-order valence-electron chi connectivity index (χ3n) is 6.17. The van der Waals surface area contributed by atoms with E-state index in [1.807, 2.05) is 4.68 Å². The minimum absolute atomic E-state index is 0.391. The van der Waals surface area contributed by atoms with E-state index in [0.29, 0.717) is 24.2 Å². The highest BCUT2D eigenvalue weighted by molar-refractivity contribution is 5.82. The van der Waals surface area contributed by atoms with Crippen molar-refractivity contribution in [2.75, 3.05) is 12.4 Å². The van der Waals surface area contributed by atoms with E-state index in [9.17, 15) is 18.0 Å². The van der Waals surface area contributed by atoms with Crippen molar-refractivity contribution in [3.63, 3.8) is 0 Å². The molecule has 2 unspecified atom stereocenters. The Labute approximate surface area is 181 Å². The Morgan fingerprint density at radius 1 is 1.19 bits per heavy atom. The standard InChI is InChI=1S/C14H21N3O.C9H10F3N/c1-10-7-13(11-5-3-2-4-6-11)16-14-12(9-18)8-15-17(10)14;1-13-6-7-2-4-8(5-3-7)9(10,11)12/h8-11,13,16H,2-7H2,1H3;2-5,13H,6H2,1H3. The van der Waals surface area contributed by atoms with Gasteiger partial charge < -0.3 is 10.6 Å². The van der Waals surface area contributed by atoms with Gasteiger partial charge in [0.2, 0.25) is 0 Å². The van der Waals surface area contributed by atoms with Gasteiger partial charge in [0.15, 0.2) is 6.29 Å². The molecule has 170 valence electrons. The fourth-order valence-electron chi connectivity index (χ4n) is 4.51. The van der Waals surface area contributed by atoms with Crippen LogP contribution in [-0.4, -0.2) is 29.2 Å². The highest BCUT2D eigenvalue weighted by atomic mass is 19.4. The van der Waals surface area contributed by atoms with Crippen LogP contribution in [0.25, 0.3) is 0 Å². The van der Waals surface area contributed by atoms with Crippen LogP contribution in [0.4, 0.5) is 19.0 Å². The third kappa shape index (κ3) is 5.87. The van der Waals surface area contributed by atoms with Crippen LogP contribution in [0.3, 0.4) is 0 Å². The molecular weight excluding hydrogens is 405 g/mol. The Bertz CT molecular complexity index is 841. The number of nitrogens with zero attached hydrogens (tertiary/aromatic N) is 2. The summed E-state index contributed by atoms with van der Waals surface area (Å²) >= 11 is 0. The van der Waals surface area contributed by atoms with Gasteiger partial charge in [-0.3, -0.25) is 4.79 Å². The number of nitrogens with one attached hydrogen (secondary N) is 2. The summed E-state index contributed by atoms with van der Waals surface area (Å²) in [5, 5.41) is 10.7. The minimum atomic E-state index is -4.24. The molecule has 0 amide bonds. The van der Waals surface area contributed by atoms with E-state index in [-0.39, 0.29) is 0 Å². The molecule has 0 saturated heterocycles. The zero-order valence-corrected chi connectivity index (χ0v) is 18.1. The number of hydrogen-bond acceptors (Lipinski definition) is 4. The average Bonchev–Trinajstić information content (AvgIpc) is 3.18. The summed E-state index contributed by atoms with van der Waals surface area (Å²) in [6.45, 7) is 2.78. The van der Waals surface area contributed by atoms with E-state index in [0.717, 1.165) is 42.1 Å². The van der Waals surface area contributed by atoms with Gasteiger partial charge in [-0.05, 0) is 56.8 Å². The maximum absolute atomic E-state index is 12.1. The lowest BCUT2D eigenvalue weighted by molar-refractivity contribution is -0.137. The predicted molar refractivity (Wildman–Crippen MR) is 115 cm³/mol. The Balaban J connectivity index is 0.000000187. The number of benzene rings is 1. The molecule has 0 spiro atoms. The lowest BCUT2D eigenvalue weighted by Crippen LogP contribution is -2.38. The molecule has 1 saturated carbocycles. The van der Waals surface area contributed by atoms with Gasteiger partial charge in [-0.25, -0.2) is 4.68 Å². The quantitative estimate of drug-likeness (QED) is 0.626. The Morgan fingerprint density at radius 3 is 2.45 bits per heavy atom. The second-order valence-corrected chi connectivity index (χ2v) is 8.47. The van der Waals surface area contributed by atoms with Gasteiger partial charge in [-0.1, -0.05) is 31.4 Å². The zero-order valence-electron chi connectivity index (χ0n) is 18.1. The number of aromatic nitrogens is 2. The lowest BCUT2D eigenvalue weighted by atomic mass is 9.81. The van der Waals surface area contributed by atoms with Crippen molar-refractivity contribution in [2.45, 2.75) is 70.3 Å². The highest BCUT2D eigenvalue weighted by Gasteiger charge is 2.32. The van der Waals surface area contributed by atoms with Gasteiger partial charge in [0.05, 0.1) is 23.4 Å². The number of carbonyl (C=O) groups is 1. The summed E-state index contributed by atoms with van der Waals surface area (Å²) in [6, 6.07) is 6.03. The molecule has 2 atom stereocenters. The van der Waals surface area contributed by atoms with Crippen LogP contribution in [0.2, 0.25) is 0 Å². The molecular formula is C23H31F3N4O. The zero-order chi connectivity index (χ0) is 22.4. The first kappa shape index (κ1) is 23.3. The first-order chi connectivity index (χ1) is 14.8. The van der Waals surface area contributed by atoms with Crippen molar-refractivity contribution < 1.29 is 18.0 Å². The van der Waals surface area contributed by atoms with Crippen molar-refractivity contribution in [1.82, 2.24) is 15.1 Å². The van der Waals surface area contributed by atoms with E-state index in [2.05, 4.69) is 22.7 Å². The van der Waals surface area contributed by atoms with Gasteiger partial charge in [-0.2, -0.15) is 18.3 Å². The highest BCUT2D eigenvalue weighted by Crippen LogP contribution is 2.36. The van der Waals surface area contributed by atoms with Crippen LogP contribution >= 0.6 is 0 Å². The molecule has 2 N–H and O–H groups in total. The van der Waals surface area contributed by atoms with E-state index in [4.69, 9.17) is 0 Å². The molecule has 1 aromatic heterocycles. The van der Waals surface area contributed by atoms with Crippen LogP contribution in [-0.2, 0) is 12.7 Å². The Hall–Kier alpha value is -2.35. The number of alkyl halides is 3. The number of halogens is 3. The van der Waals surface area contributed by atoms with Crippen LogP contribution < -0.4 is 10.6 Å². The molecule has 0 radical (unpaired) electrons. The van der Waals surface area contributed by atoms with Gasteiger partial charge in [0.25, 0.3) is 0 Å². The van der Waals surface area contributed by atoms with Gasteiger partial charge in [0, 0.05) is 12.6 Å². The van der Waals surface area contributed by atoms with Gasteiger partial charge >= 0.3 is 6.18 Å². The molecule has 2 aromatic rings. The summed E-state index contributed by atoms with van der Waals surface area (Å²) in [4.78, 5) is 11.0. The number of carbonyl (C=O) groups excluding carboxylic acids is 1. The van der Waals surface area contributed by atoms with Crippen molar-refractivity contribution >= 4 is 12.1 Å². The summed E-state index contributed by atoms with van der Waals surface area (Å²) in [6.07, 6.45) is 6.22. The number of aldehydes is 1. The van der Waals surface area contributed by atoms with Crippen molar-refractivity contribution in [3.05, 3.63) is 47.2 Å². The number of anilines is 1. The smallest absolute Gasteiger partial charge is 0.367 e. The number of fused-ring (bicyclic) bond motifs is 1. The minimum Gasteiger partial charge on any atom is -0.367 e. The monoisotopic (exact) mass is 436 g/mol. The summed E-state index contributed by atoms with van der Waals surface area (Å²) in [7, 11) is 1.75. The van der Waals surface area contributed by atoms with Crippen LogP contribution in [0.5, 0.6) is 0 Å². The lowest BCUT2D eigenvalue weighted by Gasteiger charge is -2.37. The van der Waals surface area contributed by atoms with Crippen molar-refractivity contribution in [1.29, 1.82) is 0 Å². The summed E-state index contributed by atoms with van der Waals surface area (Å²) in [5.41, 5.74) is 0.935.